The predicted octanol–water partition coefficient (Wildman–Crippen LogP) is 0.838. The third kappa shape index (κ3) is 1.39. The van der Waals surface area contributed by atoms with E-state index in [1.165, 1.54) is 0 Å². The molecule has 1 fully saturated rings. The molecular formula is C8H14O2. The molecule has 2 atom stereocenters. The van der Waals surface area contributed by atoms with Gasteiger partial charge in [0.15, 0.2) is 0 Å². The Bertz CT molecular complexity index is 140. The molecule has 2 heteroatoms. The molecule has 0 bridgehead atoms. The van der Waals surface area contributed by atoms with Crippen LogP contribution in [0.15, 0.2) is 11.6 Å². The quantitative estimate of drug-likeness (QED) is 0.492. The summed E-state index contributed by atoms with van der Waals surface area (Å²) in [6, 6.07) is 0. The molecule has 1 saturated carbocycles. The maximum atomic E-state index is 9.32. The Kier molecular flexibility index (Phi) is 2.46. The van der Waals surface area contributed by atoms with Gasteiger partial charge in [-0.2, -0.15) is 0 Å². The van der Waals surface area contributed by atoms with Crippen LogP contribution in [0.4, 0.5) is 0 Å². The molecule has 0 radical (unpaired) electrons. The average Bonchev–Trinajstić information content (AvgIpc) is 1.95. The van der Waals surface area contributed by atoms with E-state index in [0.717, 1.165) is 24.8 Å². The number of rotatable bonds is 0. The molecule has 1 rings (SSSR count). The fourth-order valence-corrected chi connectivity index (χ4v) is 1.38. The van der Waals surface area contributed by atoms with E-state index in [9.17, 15) is 10.2 Å². The van der Waals surface area contributed by atoms with E-state index in [1.807, 2.05) is 13.0 Å². The predicted molar refractivity (Wildman–Crippen MR) is 39.6 cm³/mol. The minimum absolute atomic E-state index is 0.528. The Hall–Kier alpha value is -0.340. The number of aliphatic hydroxyl groups excluding tert-OH is 2. The van der Waals surface area contributed by atoms with Gasteiger partial charge in [0, 0.05) is 0 Å². The number of aliphatic hydroxyl groups is 2. The Morgan fingerprint density at radius 2 is 2.20 bits per heavy atom. The molecule has 0 aromatic rings. The monoisotopic (exact) mass is 142 g/mol. The summed E-state index contributed by atoms with van der Waals surface area (Å²) in [6.07, 6.45) is 3.44. The van der Waals surface area contributed by atoms with E-state index >= 15 is 0 Å². The Labute approximate surface area is 61.2 Å². The van der Waals surface area contributed by atoms with Crippen LogP contribution < -0.4 is 0 Å². The van der Waals surface area contributed by atoms with Crippen molar-refractivity contribution in [2.75, 3.05) is 0 Å². The molecule has 1 aliphatic carbocycles. The summed E-state index contributed by atoms with van der Waals surface area (Å²) in [5, 5.41) is 18.5. The molecule has 2 N–H and O–H groups in total. The minimum atomic E-state index is -0.598. The van der Waals surface area contributed by atoms with Crippen LogP contribution in [-0.2, 0) is 0 Å². The Morgan fingerprint density at radius 3 is 2.70 bits per heavy atom. The summed E-state index contributed by atoms with van der Waals surface area (Å²) < 4.78 is 0. The standard InChI is InChI=1S/C8H14O2/c1-2-6-4-3-5-7(9)8(6)10/h2,7-10H,3-5H2,1H3/b6-2+. The van der Waals surface area contributed by atoms with Crippen LogP contribution in [0.25, 0.3) is 0 Å². The van der Waals surface area contributed by atoms with Gasteiger partial charge in [-0.3, -0.25) is 0 Å². The molecule has 58 valence electrons. The van der Waals surface area contributed by atoms with Gasteiger partial charge >= 0.3 is 0 Å². The fraction of sp³-hybridized carbons (Fsp3) is 0.750. The highest BCUT2D eigenvalue weighted by atomic mass is 16.3. The summed E-state index contributed by atoms with van der Waals surface area (Å²) in [5.41, 5.74) is 0.985. The first-order chi connectivity index (χ1) is 4.75. The van der Waals surface area contributed by atoms with Crippen molar-refractivity contribution in [2.45, 2.75) is 38.4 Å². The van der Waals surface area contributed by atoms with Crippen molar-refractivity contribution in [3.8, 4) is 0 Å². The van der Waals surface area contributed by atoms with Gasteiger partial charge in [0.25, 0.3) is 0 Å². The Morgan fingerprint density at radius 1 is 1.50 bits per heavy atom. The van der Waals surface area contributed by atoms with Crippen molar-refractivity contribution in [1.29, 1.82) is 0 Å². The van der Waals surface area contributed by atoms with E-state index in [2.05, 4.69) is 0 Å². The topological polar surface area (TPSA) is 40.5 Å². The molecular weight excluding hydrogens is 128 g/mol. The summed E-state index contributed by atoms with van der Waals surface area (Å²) in [6.45, 7) is 1.90. The van der Waals surface area contributed by atoms with E-state index in [1.54, 1.807) is 0 Å². The summed E-state index contributed by atoms with van der Waals surface area (Å²) >= 11 is 0. The van der Waals surface area contributed by atoms with Crippen LogP contribution in [0.1, 0.15) is 26.2 Å². The fourth-order valence-electron chi connectivity index (χ4n) is 1.38. The zero-order valence-electron chi connectivity index (χ0n) is 6.25. The molecule has 1 aliphatic rings. The lowest BCUT2D eigenvalue weighted by molar-refractivity contribution is 0.0214. The van der Waals surface area contributed by atoms with E-state index in [4.69, 9.17) is 0 Å². The molecule has 0 spiro atoms. The van der Waals surface area contributed by atoms with Gasteiger partial charge in [-0.05, 0) is 31.8 Å². The van der Waals surface area contributed by atoms with Crippen LogP contribution in [0.2, 0.25) is 0 Å². The molecule has 0 aromatic carbocycles. The Balaban J connectivity index is 2.60. The number of hydrogen-bond donors (Lipinski definition) is 2. The number of allylic oxidation sites excluding steroid dienone is 1. The lowest BCUT2D eigenvalue weighted by atomic mass is 9.90. The molecule has 0 aliphatic heterocycles. The second-order valence-corrected chi connectivity index (χ2v) is 2.77. The first-order valence-electron chi connectivity index (χ1n) is 3.77. The highest BCUT2D eigenvalue weighted by molar-refractivity contribution is 5.11. The van der Waals surface area contributed by atoms with Crippen LogP contribution in [-0.4, -0.2) is 22.4 Å². The average molecular weight is 142 g/mol. The van der Waals surface area contributed by atoms with Gasteiger partial charge in [0.1, 0.15) is 6.10 Å². The van der Waals surface area contributed by atoms with Crippen LogP contribution in [0.3, 0.4) is 0 Å². The van der Waals surface area contributed by atoms with Crippen LogP contribution in [0.5, 0.6) is 0 Å². The van der Waals surface area contributed by atoms with Crippen molar-refractivity contribution < 1.29 is 10.2 Å². The van der Waals surface area contributed by atoms with Gasteiger partial charge in [0.2, 0.25) is 0 Å². The van der Waals surface area contributed by atoms with Crippen molar-refractivity contribution in [1.82, 2.24) is 0 Å². The van der Waals surface area contributed by atoms with E-state index in [-0.39, 0.29) is 0 Å². The molecule has 0 saturated heterocycles. The molecule has 0 aromatic heterocycles. The molecule has 0 amide bonds. The van der Waals surface area contributed by atoms with E-state index < -0.39 is 12.2 Å². The maximum absolute atomic E-state index is 9.32. The van der Waals surface area contributed by atoms with Gasteiger partial charge in [0.05, 0.1) is 6.10 Å². The zero-order chi connectivity index (χ0) is 7.56. The highest BCUT2D eigenvalue weighted by Crippen LogP contribution is 2.23. The number of hydrogen-bond acceptors (Lipinski definition) is 2. The summed E-state index contributed by atoms with van der Waals surface area (Å²) in [5.74, 6) is 0. The van der Waals surface area contributed by atoms with Crippen LogP contribution in [0, 0.1) is 0 Å². The highest BCUT2D eigenvalue weighted by Gasteiger charge is 2.23. The smallest absolute Gasteiger partial charge is 0.101 e. The first-order valence-corrected chi connectivity index (χ1v) is 3.77. The second-order valence-electron chi connectivity index (χ2n) is 2.77. The molecule has 2 unspecified atom stereocenters. The SMILES string of the molecule is C/C=C1\CCCC(O)C1O. The molecule has 0 heterocycles. The minimum Gasteiger partial charge on any atom is -0.390 e. The lowest BCUT2D eigenvalue weighted by Gasteiger charge is -2.25. The third-order valence-corrected chi connectivity index (χ3v) is 2.08. The van der Waals surface area contributed by atoms with Crippen molar-refractivity contribution in [2.24, 2.45) is 0 Å². The second kappa shape index (κ2) is 3.17. The summed E-state index contributed by atoms with van der Waals surface area (Å²) in [7, 11) is 0. The first kappa shape index (κ1) is 7.76. The summed E-state index contributed by atoms with van der Waals surface area (Å²) in [4.78, 5) is 0. The van der Waals surface area contributed by atoms with Gasteiger partial charge in [-0.25, -0.2) is 0 Å². The van der Waals surface area contributed by atoms with Crippen LogP contribution >= 0.6 is 0 Å². The largest absolute Gasteiger partial charge is 0.390 e. The van der Waals surface area contributed by atoms with Crippen molar-refractivity contribution >= 4 is 0 Å². The lowest BCUT2D eigenvalue weighted by Crippen LogP contribution is -2.31. The molecule has 2 nitrogen and oxygen atoms in total. The normalized spacial score (nSPS) is 38.5. The zero-order valence-corrected chi connectivity index (χ0v) is 6.25. The van der Waals surface area contributed by atoms with Gasteiger partial charge < -0.3 is 10.2 Å². The van der Waals surface area contributed by atoms with Crippen molar-refractivity contribution in [3.05, 3.63) is 11.6 Å². The van der Waals surface area contributed by atoms with E-state index in [0.29, 0.717) is 0 Å². The maximum Gasteiger partial charge on any atom is 0.101 e. The van der Waals surface area contributed by atoms with Gasteiger partial charge in [-0.1, -0.05) is 6.08 Å². The van der Waals surface area contributed by atoms with Gasteiger partial charge in [-0.15, -0.1) is 0 Å². The third-order valence-electron chi connectivity index (χ3n) is 2.08. The molecule has 10 heavy (non-hydrogen) atoms. The van der Waals surface area contributed by atoms with Crippen molar-refractivity contribution in [3.63, 3.8) is 0 Å².